The predicted molar refractivity (Wildman–Crippen MR) is 108 cm³/mol. The number of thiophene rings is 1. The van der Waals surface area contributed by atoms with Crippen molar-refractivity contribution in [1.29, 1.82) is 0 Å². The summed E-state index contributed by atoms with van der Waals surface area (Å²) in [5.74, 6) is 0.371. The smallest absolute Gasteiger partial charge is 0.356 e. The molecule has 3 aromatic rings. The van der Waals surface area contributed by atoms with Gasteiger partial charge < -0.3 is 10.2 Å². The van der Waals surface area contributed by atoms with Crippen molar-refractivity contribution < 1.29 is 18.0 Å². The zero-order valence-electron chi connectivity index (χ0n) is 15.7. The number of carbonyl (C=O) groups excluding carboxylic acids is 1. The van der Waals surface area contributed by atoms with E-state index in [1.54, 1.807) is 0 Å². The molecule has 1 N–H and O–H groups in total. The molecule has 0 bridgehead atoms. The molecule has 0 saturated carbocycles. The molecule has 1 fully saturated rings. The van der Waals surface area contributed by atoms with E-state index in [1.807, 2.05) is 6.92 Å². The fraction of sp³-hybridized carbons (Fsp3) is 0.350. The first-order chi connectivity index (χ1) is 13.8. The summed E-state index contributed by atoms with van der Waals surface area (Å²) in [6.45, 7) is 3.65. The van der Waals surface area contributed by atoms with Crippen LogP contribution in [0.5, 0.6) is 0 Å². The van der Waals surface area contributed by atoms with Crippen LogP contribution in [0.15, 0.2) is 30.6 Å². The van der Waals surface area contributed by atoms with Crippen LogP contribution >= 0.6 is 11.3 Å². The van der Waals surface area contributed by atoms with Crippen LogP contribution < -0.4 is 10.2 Å². The number of hydrogen-bond donors (Lipinski definition) is 1. The summed E-state index contributed by atoms with van der Waals surface area (Å²) in [5.41, 5.74) is 0.0429. The molecule has 9 heteroatoms. The van der Waals surface area contributed by atoms with Gasteiger partial charge in [0.25, 0.3) is 5.91 Å². The van der Waals surface area contributed by atoms with Gasteiger partial charge in [0.15, 0.2) is 0 Å². The zero-order valence-corrected chi connectivity index (χ0v) is 16.5. The van der Waals surface area contributed by atoms with Crippen molar-refractivity contribution in [2.45, 2.75) is 32.4 Å². The van der Waals surface area contributed by atoms with Crippen molar-refractivity contribution in [1.82, 2.24) is 9.97 Å². The molecule has 4 rings (SSSR count). The van der Waals surface area contributed by atoms with E-state index in [9.17, 15) is 18.0 Å². The third kappa shape index (κ3) is 3.91. The third-order valence-electron chi connectivity index (χ3n) is 5.02. The number of nitrogens with zero attached hydrogens (tertiary/aromatic N) is 3. The highest BCUT2D eigenvalue weighted by molar-refractivity contribution is 7.20. The van der Waals surface area contributed by atoms with E-state index in [-0.39, 0.29) is 5.69 Å². The van der Waals surface area contributed by atoms with Gasteiger partial charge >= 0.3 is 6.18 Å². The van der Waals surface area contributed by atoms with Crippen molar-refractivity contribution in [3.05, 3.63) is 46.6 Å². The van der Waals surface area contributed by atoms with Crippen molar-refractivity contribution in [2.24, 2.45) is 0 Å². The van der Waals surface area contributed by atoms with E-state index < -0.39 is 17.6 Å². The van der Waals surface area contributed by atoms with E-state index in [2.05, 4.69) is 20.2 Å². The number of halogens is 3. The van der Waals surface area contributed by atoms with Crippen molar-refractivity contribution in [2.75, 3.05) is 23.3 Å². The fourth-order valence-corrected chi connectivity index (χ4v) is 4.61. The van der Waals surface area contributed by atoms with Gasteiger partial charge in [-0.3, -0.25) is 4.79 Å². The molecular weight excluding hydrogens is 401 g/mol. The minimum atomic E-state index is -4.47. The molecule has 1 aromatic carbocycles. The molecule has 0 spiro atoms. The Balaban J connectivity index is 1.66. The first-order valence-corrected chi connectivity index (χ1v) is 10.1. The zero-order chi connectivity index (χ0) is 20.6. The summed E-state index contributed by atoms with van der Waals surface area (Å²) in [6, 6.07) is 4.62. The lowest BCUT2D eigenvalue weighted by Gasteiger charge is -2.28. The minimum absolute atomic E-state index is 0.101. The van der Waals surface area contributed by atoms with Gasteiger partial charge in [-0.1, -0.05) is 6.07 Å². The highest BCUT2D eigenvalue weighted by Gasteiger charge is 2.30. The number of amides is 1. The molecule has 1 amide bonds. The van der Waals surface area contributed by atoms with Gasteiger partial charge in [0, 0.05) is 18.8 Å². The van der Waals surface area contributed by atoms with Crippen LogP contribution in [0.3, 0.4) is 0 Å². The third-order valence-corrected chi connectivity index (χ3v) is 6.21. The maximum Gasteiger partial charge on any atom is 0.416 e. The Morgan fingerprint density at radius 1 is 1.17 bits per heavy atom. The minimum Gasteiger partial charge on any atom is -0.356 e. The second-order valence-corrected chi connectivity index (χ2v) is 8.01. The summed E-state index contributed by atoms with van der Waals surface area (Å²) in [4.78, 5) is 24.9. The highest BCUT2D eigenvalue weighted by Crippen LogP contribution is 2.36. The maximum atomic E-state index is 12.9. The predicted octanol–water partition coefficient (Wildman–Crippen LogP) is 5.26. The number of aryl methyl sites for hydroxylation is 1. The summed E-state index contributed by atoms with van der Waals surface area (Å²) in [5, 5.41) is 3.42. The van der Waals surface area contributed by atoms with Gasteiger partial charge in [-0.2, -0.15) is 13.2 Å². The van der Waals surface area contributed by atoms with Gasteiger partial charge in [0.2, 0.25) is 0 Å². The number of carbonyl (C=O) groups is 1. The Morgan fingerprint density at radius 3 is 2.66 bits per heavy atom. The molecule has 2 aromatic heterocycles. The molecule has 0 radical (unpaired) electrons. The monoisotopic (exact) mass is 420 g/mol. The Labute approximate surface area is 169 Å². The lowest BCUT2D eigenvalue weighted by atomic mass is 10.1. The van der Waals surface area contributed by atoms with Crippen molar-refractivity contribution in [3.8, 4) is 0 Å². The Hall–Kier alpha value is -2.68. The van der Waals surface area contributed by atoms with Gasteiger partial charge in [-0.05, 0) is 49.9 Å². The molecule has 1 aliphatic heterocycles. The molecule has 1 aliphatic rings. The number of piperidine rings is 1. The number of benzene rings is 1. The first-order valence-electron chi connectivity index (χ1n) is 9.32. The quantitative estimate of drug-likeness (QED) is 0.628. The van der Waals surface area contributed by atoms with Crippen molar-refractivity contribution in [3.63, 3.8) is 0 Å². The normalized spacial score (nSPS) is 15.0. The lowest BCUT2D eigenvalue weighted by Crippen LogP contribution is -2.30. The number of nitrogens with one attached hydrogen (secondary N) is 1. The number of aromatic nitrogens is 2. The topological polar surface area (TPSA) is 58.1 Å². The van der Waals surface area contributed by atoms with Crippen LogP contribution in [0.2, 0.25) is 0 Å². The van der Waals surface area contributed by atoms with Gasteiger partial charge in [-0.25, -0.2) is 9.97 Å². The molecule has 0 aliphatic carbocycles. The average Bonchev–Trinajstić information content (AvgIpc) is 3.05. The summed E-state index contributed by atoms with van der Waals surface area (Å²) < 4.78 is 38.8. The molecule has 3 heterocycles. The number of fused-ring (bicyclic) bond motifs is 1. The largest absolute Gasteiger partial charge is 0.416 e. The number of alkyl halides is 3. The molecule has 0 atom stereocenters. The average molecular weight is 420 g/mol. The Bertz CT molecular complexity index is 1060. The maximum absolute atomic E-state index is 12.9. The fourth-order valence-electron chi connectivity index (χ4n) is 3.58. The molecule has 0 unspecified atom stereocenters. The van der Waals surface area contributed by atoms with Crippen LogP contribution in [0.1, 0.15) is 40.1 Å². The molecule has 1 saturated heterocycles. The van der Waals surface area contributed by atoms with E-state index in [0.717, 1.165) is 54.8 Å². The molecule has 152 valence electrons. The van der Waals surface area contributed by atoms with Crippen LogP contribution in [-0.2, 0) is 6.18 Å². The van der Waals surface area contributed by atoms with E-state index in [1.165, 1.54) is 36.2 Å². The molecule has 5 nitrogen and oxygen atoms in total. The first kappa shape index (κ1) is 19.6. The van der Waals surface area contributed by atoms with E-state index in [4.69, 9.17) is 0 Å². The summed E-state index contributed by atoms with van der Waals surface area (Å²) in [7, 11) is 0. The Morgan fingerprint density at radius 2 is 1.93 bits per heavy atom. The van der Waals surface area contributed by atoms with E-state index in [0.29, 0.717) is 9.71 Å². The van der Waals surface area contributed by atoms with Gasteiger partial charge in [0.1, 0.15) is 17.0 Å². The Kier molecular flexibility index (Phi) is 5.16. The number of rotatable bonds is 3. The second-order valence-electron chi connectivity index (χ2n) is 7.01. The molecule has 29 heavy (non-hydrogen) atoms. The van der Waals surface area contributed by atoms with Crippen molar-refractivity contribution >= 4 is 39.0 Å². The number of anilines is 2. The second kappa shape index (κ2) is 7.62. The molecular formula is C20H19F3N4OS. The highest BCUT2D eigenvalue weighted by atomic mass is 32.1. The van der Waals surface area contributed by atoms with Crippen LogP contribution in [-0.4, -0.2) is 29.0 Å². The van der Waals surface area contributed by atoms with Crippen LogP contribution in [0, 0.1) is 6.92 Å². The number of hydrogen-bond acceptors (Lipinski definition) is 5. The summed E-state index contributed by atoms with van der Waals surface area (Å²) >= 11 is 1.23. The van der Waals surface area contributed by atoms with Crippen LogP contribution in [0.4, 0.5) is 24.7 Å². The van der Waals surface area contributed by atoms with Gasteiger partial charge in [-0.15, -0.1) is 11.3 Å². The van der Waals surface area contributed by atoms with E-state index >= 15 is 0 Å². The lowest BCUT2D eigenvalue weighted by molar-refractivity contribution is -0.137. The SMILES string of the molecule is Cc1c(C(=O)Nc2cccc(C(F)(F)F)c2)sc2ncnc(N3CCCCC3)c12. The van der Waals surface area contributed by atoms with Crippen LogP contribution in [0.25, 0.3) is 10.2 Å². The van der Waals surface area contributed by atoms with Gasteiger partial charge in [0.05, 0.1) is 15.8 Å². The standard InChI is InChI=1S/C20H19F3N4OS/c1-12-15-17(27-8-3-2-4-9-27)24-11-25-19(15)29-16(12)18(28)26-14-7-5-6-13(10-14)20(21,22)23/h5-7,10-11H,2-4,8-9H2,1H3,(H,26,28). The summed E-state index contributed by atoms with van der Waals surface area (Å²) in [6.07, 6.45) is 0.414.